The predicted octanol–water partition coefficient (Wildman–Crippen LogP) is 27.1. The topological polar surface area (TPSA) is 49.4 Å². The molecular weight excluding hydrogens is 1250 g/mol. The van der Waals surface area contributed by atoms with Gasteiger partial charge in [-0.1, -0.05) is 369 Å². The molecule has 504 valence electrons. The molecule has 4 nitrogen and oxygen atoms in total. The molecule has 10 aromatic rings. The van der Waals surface area contributed by atoms with Crippen molar-refractivity contribution in [3.8, 4) is 0 Å². The van der Waals surface area contributed by atoms with E-state index in [1.807, 2.05) is 72.8 Å². The minimum atomic E-state index is 0. The average molecular weight is 1360 g/mol. The average Bonchev–Trinajstić information content (AvgIpc) is 1.59. The van der Waals surface area contributed by atoms with Crippen LogP contribution in [0, 0.1) is 0 Å². The predicted molar refractivity (Wildman–Crippen MR) is 414 cm³/mol. The Morgan fingerprint density at radius 2 is 0.375 bits per heavy atom. The van der Waals surface area contributed by atoms with Gasteiger partial charge in [0.05, 0.1) is 45.6 Å². The number of benzene rings is 10. The van der Waals surface area contributed by atoms with Gasteiger partial charge in [0.2, 0.25) is 0 Å². The molecule has 0 aromatic heterocycles. The van der Waals surface area contributed by atoms with Crippen molar-refractivity contribution in [2.24, 2.45) is 20.0 Å². The third-order valence-corrected chi connectivity index (χ3v) is 17.8. The normalized spacial score (nSPS) is 13.7. The molecule has 0 amide bonds. The molecule has 10 aromatic carbocycles. The molecule has 6 heteroatoms. The van der Waals surface area contributed by atoms with Crippen LogP contribution in [-0.4, -0.2) is 22.8 Å². The minimum Gasteiger partial charge on any atom is -0.245 e. The van der Waals surface area contributed by atoms with Crippen molar-refractivity contribution in [1.82, 2.24) is 0 Å². The Labute approximate surface area is 599 Å². The van der Waals surface area contributed by atoms with E-state index >= 15 is 0 Å². The van der Waals surface area contributed by atoms with Crippen LogP contribution in [0.2, 0.25) is 0 Å². The number of hydrogen-bond donors (Lipinski definition) is 0. The molecule has 0 spiro atoms. The van der Waals surface area contributed by atoms with Gasteiger partial charge >= 0.3 is 0 Å². The van der Waals surface area contributed by atoms with Gasteiger partial charge < -0.3 is 0 Å². The molecule has 2 aliphatic rings. The van der Waals surface area contributed by atoms with E-state index < -0.39 is 0 Å². The van der Waals surface area contributed by atoms with Gasteiger partial charge in [-0.3, -0.25) is 0 Å². The monoisotopic (exact) mass is 1360 g/mol. The molecule has 2 aliphatic carbocycles. The van der Waals surface area contributed by atoms with E-state index in [9.17, 15) is 0 Å². The van der Waals surface area contributed by atoms with Crippen molar-refractivity contribution in [2.45, 2.75) is 198 Å². The molecule has 0 bridgehead atoms. The van der Waals surface area contributed by atoms with Crippen LogP contribution in [0.15, 0.2) is 238 Å². The fraction of sp³-hybridized carbons (Fsp3) is 0.333. The largest absolute Gasteiger partial charge is 0.245 e. The van der Waals surface area contributed by atoms with E-state index in [1.54, 1.807) is 0 Å². The summed E-state index contributed by atoms with van der Waals surface area (Å²) in [4.78, 5) is 22.2. The SMILES string of the molecule is CC(C)c1cccc(C(C)C)c1N=C1C(=Nc2c(C(C)C)cccc2C(C)C)c2cccc3cccc1c23.CC(C)c1cccc(C(C)C)c1N=C1C(=Nc2c(C(C)C)cccc2C(C)C)c2cccc3cccc1c23.CCCCCC.[Co].[Co].c1ccccc1.c1ccccc1. The Morgan fingerprint density at radius 3 is 0.521 bits per heavy atom. The molecule has 0 saturated heterocycles. The third kappa shape index (κ3) is 18.7. The van der Waals surface area contributed by atoms with Gasteiger partial charge in [-0.05, 0) is 103 Å². The second-order valence-electron chi connectivity index (χ2n) is 27.7. The summed E-state index contributed by atoms with van der Waals surface area (Å²) in [5.74, 6) is 3.02. The van der Waals surface area contributed by atoms with Crippen LogP contribution in [-0.2, 0) is 33.6 Å². The summed E-state index contributed by atoms with van der Waals surface area (Å²) in [6, 6.07) is 76.9. The molecule has 96 heavy (non-hydrogen) atoms. The van der Waals surface area contributed by atoms with Gasteiger partial charge in [-0.15, -0.1) is 0 Å². The van der Waals surface area contributed by atoms with Crippen LogP contribution in [0.4, 0.5) is 22.7 Å². The van der Waals surface area contributed by atoms with Gasteiger partial charge in [0.15, 0.2) is 0 Å². The van der Waals surface area contributed by atoms with Crippen molar-refractivity contribution >= 4 is 67.1 Å². The van der Waals surface area contributed by atoms with Crippen LogP contribution < -0.4 is 0 Å². The molecular formula is C90H106Co2N4. The first-order valence-electron chi connectivity index (χ1n) is 35.2. The summed E-state index contributed by atoms with van der Waals surface area (Å²) in [5, 5.41) is 4.99. The molecule has 0 aliphatic heterocycles. The van der Waals surface area contributed by atoms with Gasteiger partial charge in [0, 0.05) is 66.6 Å². The van der Waals surface area contributed by atoms with E-state index in [0.29, 0.717) is 47.3 Å². The third-order valence-electron chi connectivity index (χ3n) is 17.8. The van der Waals surface area contributed by atoms with Gasteiger partial charge in [-0.2, -0.15) is 0 Å². The standard InChI is InChI=1S/2C36H40N2.2C6H6.C6H14.2Co/c2*1-21(2)26-15-11-16-27(22(3)4)33(26)37-35-30-19-9-13-25-14-10-20-31(32(25)30)36(35)38-34-28(23(5)6)17-12-18-29(34)24(7)8;2*1-2-4-6-5-3-1;1-3-5-6-4-2;;/h2*9-24H,1-8H3;2*1-6H;3-6H2,1-2H3;;. The zero-order valence-corrected chi connectivity index (χ0v) is 62.8. The number of unbranched alkanes of at least 4 members (excludes halogenated alkanes) is 3. The van der Waals surface area contributed by atoms with Gasteiger partial charge in [0.25, 0.3) is 0 Å². The summed E-state index contributed by atoms with van der Waals surface area (Å²) >= 11 is 0. The smallest absolute Gasteiger partial charge is 0.0979 e. The summed E-state index contributed by atoms with van der Waals surface area (Å²) < 4.78 is 0. The maximum Gasteiger partial charge on any atom is 0.0979 e. The summed E-state index contributed by atoms with van der Waals surface area (Å²) in [6.45, 7) is 40.6. The van der Waals surface area contributed by atoms with E-state index in [2.05, 4.69) is 270 Å². The Balaban J connectivity index is 0.000000236. The van der Waals surface area contributed by atoms with E-state index in [1.165, 1.54) is 114 Å². The van der Waals surface area contributed by atoms with Crippen LogP contribution >= 0.6 is 0 Å². The first-order chi connectivity index (χ1) is 45.3. The fourth-order valence-electron chi connectivity index (χ4n) is 12.7. The van der Waals surface area contributed by atoms with E-state index in [0.717, 1.165) is 45.6 Å². The molecule has 0 N–H and O–H groups in total. The Kier molecular flexibility index (Phi) is 30.0. The Bertz CT molecular complexity index is 3580. The first kappa shape index (κ1) is 77.4. The number of para-hydroxylation sites is 4. The van der Waals surface area contributed by atoms with Gasteiger partial charge in [0.1, 0.15) is 0 Å². The number of nitrogens with zero attached hydrogens (tertiary/aromatic N) is 4. The molecule has 0 saturated carbocycles. The van der Waals surface area contributed by atoms with E-state index in [4.69, 9.17) is 20.0 Å². The Hall–Kier alpha value is -7.59. The van der Waals surface area contributed by atoms with Crippen LogP contribution in [0.1, 0.15) is 264 Å². The molecule has 0 fully saturated rings. The fourth-order valence-corrected chi connectivity index (χ4v) is 12.7. The zero-order chi connectivity index (χ0) is 67.6. The summed E-state index contributed by atoms with van der Waals surface area (Å²) in [7, 11) is 0. The second-order valence-corrected chi connectivity index (χ2v) is 27.7. The summed E-state index contributed by atoms with van der Waals surface area (Å²) in [5.41, 5.74) is 23.4. The maximum absolute atomic E-state index is 5.55. The number of hydrogen-bond acceptors (Lipinski definition) is 4. The van der Waals surface area contributed by atoms with Crippen LogP contribution in [0.25, 0.3) is 21.5 Å². The molecule has 0 unspecified atom stereocenters. The quantitative estimate of drug-likeness (QED) is 0.0919. The Morgan fingerprint density at radius 1 is 0.219 bits per heavy atom. The minimum absolute atomic E-state index is 0. The second kappa shape index (κ2) is 37.2. The van der Waals surface area contributed by atoms with E-state index in [-0.39, 0.29) is 33.6 Å². The maximum atomic E-state index is 5.55. The van der Waals surface area contributed by atoms with Gasteiger partial charge in [-0.25, -0.2) is 20.0 Å². The van der Waals surface area contributed by atoms with Crippen molar-refractivity contribution in [1.29, 1.82) is 0 Å². The zero-order valence-electron chi connectivity index (χ0n) is 60.7. The molecule has 0 heterocycles. The van der Waals surface area contributed by atoms with Crippen LogP contribution in [0.3, 0.4) is 0 Å². The molecule has 12 rings (SSSR count). The van der Waals surface area contributed by atoms with Crippen molar-refractivity contribution in [3.05, 3.63) is 285 Å². The molecule has 2 radical (unpaired) electrons. The summed E-state index contributed by atoms with van der Waals surface area (Å²) in [6.07, 6.45) is 5.54. The number of rotatable bonds is 15. The van der Waals surface area contributed by atoms with Crippen molar-refractivity contribution in [2.75, 3.05) is 0 Å². The van der Waals surface area contributed by atoms with Crippen molar-refractivity contribution in [3.63, 3.8) is 0 Å². The molecule has 0 atom stereocenters. The van der Waals surface area contributed by atoms with Crippen molar-refractivity contribution < 1.29 is 33.6 Å². The van der Waals surface area contributed by atoms with Crippen LogP contribution in [0.5, 0.6) is 0 Å². The number of aliphatic imine (C=N–C) groups is 4. The first-order valence-corrected chi connectivity index (χ1v) is 35.2.